The maximum absolute atomic E-state index is 12.5. The summed E-state index contributed by atoms with van der Waals surface area (Å²) >= 11 is 0. The molecule has 1 N–H and O–H groups in total. The lowest BCUT2D eigenvalue weighted by molar-refractivity contribution is -0.129. The summed E-state index contributed by atoms with van der Waals surface area (Å²) < 4.78 is 0. The summed E-state index contributed by atoms with van der Waals surface area (Å²) in [5.74, 6) is 1.65. The van der Waals surface area contributed by atoms with Crippen LogP contribution < -0.4 is 5.32 Å². The van der Waals surface area contributed by atoms with Crippen LogP contribution in [0.5, 0.6) is 0 Å². The van der Waals surface area contributed by atoms with Crippen LogP contribution in [0.3, 0.4) is 0 Å². The van der Waals surface area contributed by atoms with Crippen LogP contribution in [0.25, 0.3) is 0 Å². The summed E-state index contributed by atoms with van der Waals surface area (Å²) in [5.41, 5.74) is 1.39. The number of amides is 1. The number of carbonyl (C=O) groups excluding carboxylic acids is 1. The lowest BCUT2D eigenvalue weighted by Gasteiger charge is -2.29. The Bertz CT molecular complexity index is 377. The van der Waals surface area contributed by atoms with Gasteiger partial charge in [-0.15, -0.1) is 0 Å². The van der Waals surface area contributed by atoms with Crippen LogP contribution in [0, 0.1) is 22.7 Å². The van der Waals surface area contributed by atoms with Crippen molar-refractivity contribution in [2.45, 2.75) is 53.9 Å². The molecule has 3 atom stereocenters. The Morgan fingerprint density at radius 3 is 2.78 bits per heavy atom. The predicted octanol–water partition coefficient (Wildman–Crippen LogP) is 3.53. The average molecular weight is 249 g/mol. The lowest BCUT2D eigenvalue weighted by Crippen LogP contribution is -2.42. The molecule has 2 unspecified atom stereocenters. The number of allylic oxidation sites excluding steroid dienone is 1. The van der Waals surface area contributed by atoms with Gasteiger partial charge in [0, 0.05) is 6.54 Å². The highest BCUT2D eigenvalue weighted by Gasteiger charge is 2.42. The fraction of sp³-hybridized carbons (Fsp3) is 0.812. The number of hydrogen-bond acceptors (Lipinski definition) is 1. The number of carbonyl (C=O) groups is 1. The topological polar surface area (TPSA) is 29.1 Å². The number of nitrogens with one attached hydrogen (secondary N) is 1. The highest BCUT2D eigenvalue weighted by molar-refractivity contribution is 5.84. The van der Waals surface area contributed by atoms with Crippen LogP contribution in [-0.4, -0.2) is 12.5 Å². The zero-order valence-electron chi connectivity index (χ0n) is 12.5. The molecular weight excluding hydrogens is 222 g/mol. The van der Waals surface area contributed by atoms with Gasteiger partial charge in [-0.05, 0) is 43.4 Å². The molecule has 1 saturated carbocycles. The first kappa shape index (κ1) is 13.6. The van der Waals surface area contributed by atoms with Gasteiger partial charge in [0.2, 0.25) is 5.91 Å². The van der Waals surface area contributed by atoms with Crippen molar-refractivity contribution in [3.8, 4) is 0 Å². The molecule has 2 rings (SSSR count). The second-order valence-corrected chi connectivity index (χ2v) is 7.83. The third-order valence-corrected chi connectivity index (χ3v) is 4.11. The molecule has 1 fully saturated rings. The Hall–Kier alpha value is -0.790. The third kappa shape index (κ3) is 3.15. The Kier molecular flexibility index (Phi) is 3.33. The van der Waals surface area contributed by atoms with E-state index in [0.29, 0.717) is 5.92 Å². The standard InChI is InChI=1S/C16H27NO/c1-11-6-12-7-13(12)9-16(5,8-11)14(18)17-10-15(2,3)4/h9,11-12H,6-8,10H2,1-5H3,(H,17,18)/t11-,12?,16?/m0/s1. The molecule has 2 heteroatoms. The summed E-state index contributed by atoms with van der Waals surface area (Å²) in [7, 11) is 0. The van der Waals surface area contributed by atoms with Crippen molar-refractivity contribution < 1.29 is 4.79 Å². The molecule has 2 aliphatic rings. The van der Waals surface area contributed by atoms with Gasteiger partial charge in [-0.25, -0.2) is 0 Å². The van der Waals surface area contributed by atoms with Crippen LogP contribution in [0.2, 0.25) is 0 Å². The molecule has 0 heterocycles. The van der Waals surface area contributed by atoms with Crippen molar-refractivity contribution in [1.29, 1.82) is 0 Å². The molecule has 0 radical (unpaired) electrons. The zero-order chi connectivity index (χ0) is 13.6. The minimum absolute atomic E-state index is 0.150. The molecule has 0 spiro atoms. The van der Waals surface area contributed by atoms with E-state index in [1.807, 2.05) is 0 Å². The van der Waals surface area contributed by atoms with Gasteiger partial charge >= 0.3 is 0 Å². The lowest BCUT2D eigenvalue weighted by atomic mass is 9.80. The molecule has 0 saturated heterocycles. The van der Waals surface area contributed by atoms with E-state index in [1.165, 1.54) is 18.4 Å². The van der Waals surface area contributed by atoms with Crippen molar-refractivity contribution in [1.82, 2.24) is 5.32 Å². The molecule has 0 aliphatic heterocycles. The smallest absolute Gasteiger partial charge is 0.229 e. The molecular formula is C16H27NO. The van der Waals surface area contributed by atoms with Gasteiger partial charge in [0.25, 0.3) is 0 Å². The van der Waals surface area contributed by atoms with Gasteiger partial charge in [-0.1, -0.05) is 39.3 Å². The van der Waals surface area contributed by atoms with E-state index in [9.17, 15) is 4.79 Å². The van der Waals surface area contributed by atoms with E-state index in [0.717, 1.165) is 18.9 Å². The van der Waals surface area contributed by atoms with E-state index < -0.39 is 0 Å². The summed E-state index contributed by atoms with van der Waals surface area (Å²) in [5, 5.41) is 3.14. The fourth-order valence-electron chi connectivity index (χ4n) is 3.10. The molecule has 0 aromatic carbocycles. The van der Waals surface area contributed by atoms with Crippen molar-refractivity contribution in [3.63, 3.8) is 0 Å². The van der Waals surface area contributed by atoms with Crippen LogP contribution in [-0.2, 0) is 4.79 Å². The van der Waals surface area contributed by atoms with Crippen LogP contribution in [0.1, 0.15) is 53.9 Å². The molecule has 1 amide bonds. The largest absolute Gasteiger partial charge is 0.355 e. The Morgan fingerprint density at radius 1 is 1.50 bits per heavy atom. The highest BCUT2D eigenvalue weighted by atomic mass is 16.2. The first-order chi connectivity index (χ1) is 8.20. The van der Waals surface area contributed by atoms with Gasteiger partial charge in [-0.2, -0.15) is 0 Å². The number of fused-ring (bicyclic) bond motifs is 1. The normalized spacial score (nSPS) is 35.3. The Labute approximate surface area is 111 Å². The van der Waals surface area contributed by atoms with Crippen LogP contribution in [0.15, 0.2) is 11.6 Å². The molecule has 0 aromatic rings. The maximum Gasteiger partial charge on any atom is 0.229 e. The quantitative estimate of drug-likeness (QED) is 0.745. The van der Waals surface area contributed by atoms with E-state index in [1.54, 1.807) is 0 Å². The van der Waals surface area contributed by atoms with Gasteiger partial charge in [0.1, 0.15) is 0 Å². The maximum atomic E-state index is 12.5. The highest BCUT2D eigenvalue weighted by Crippen LogP contribution is 2.50. The zero-order valence-corrected chi connectivity index (χ0v) is 12.5. The van der Waals surface area contributed by atoms with E-state index >= 15 is 0 Å². The minimum atomic E-state index is -0.286. The minimum Gasteiger partial charge on any atom is -0.355 e. The van der Waals surface area contributed by atoms with Gasteiger partial charge in [0.05, 0.1) is 5.41 Å². The summed E-state index contributed by atoms with van der Waals surface area (Å²) in [6, 6.07) is 0. The Morgan fingerprint density at radius 2 is 2.17 bits per heavy atom. The van der Waals surface area contributed by atoms with Gasteiger partial charge in [-0.3, -0.25) is 4.79 Å². The average Bonchev–Trinajstić information content (AvgIpc) is 2.90. The molecule has 18 heavy (non-hydrogen) atoms. The second kappa shape index (κ2) is 4.40. The van der Waals surface area contributed by atoms with E-state index in [-0.39, 0.29) is 16.7 Å². The molecule has 0 aromatic heterocycles. The summed E-state index contributed by atoms with van der Waals surface area (Å²) in [6.07, 6.45) is 5.75. The first-order valence-electron chi connectivity index (χ1n) is 7.19. The second-order valence-electron chi connectivity index (χ2n) is 7.83. The molecule has 102 valence electrons. The van der Waals surface area contributed by atoms with Crippen molar-refractivity contribution >= 4 is 5.91 Å². The molecule has 2 aliphatic carbocycles. The first-order valence-corrected chi connectivity index (χ1v) is 7.19. The predicted molar refractivity (Wildman–Crippen MR) is 75.2 cm³/mol. The van der Waals surface area contributed by atoms with Crippen molar-refractivity contribution in [3.05, 3.63) is 11.6 Å². The van der Waals surface area contributed by atoms with E-state index in [2.05, 4.69) is 46.0 Å². The van der Waals surface area contributed by atoms with Gasteiger partial charge < -0.3 is 5.32 Å². The monoisotopic (exact) mass is 249 g/mol. The van der Waals surface area contributed by atoms with Gasteiger partial charge in [0.15, 0.2) is 0 Å². The molecule has 2 nitrogen and oxygen atoms in total. The SMILES string of the molecule is C[C@H]1CC2CC2=CC(C)(C(=O)NCC(C)(C)C)C1. The van der Waals surface area contributed by atoms with Crippen LogP contribution in [0.4, 0.5) is 0 Å². The fourth-order valence-corrected chi connectivity index (χ4v) is 3.10. The third-order valence-electron chi connectivity index (χ3n) is 4.11. The molecule has 0 bridgehead atoms. The van der Waals surface area contributed by atoms with Crippen molar-refractivity contribution in [2.24, 2.45) is 22.7 Å². The van der Waals surface area contributed by atoms with Crippen molar-refractivity contribution in [2.75, 3.05) is 6.54 Å². The number of rotatable bonds is 2. The summed E-state index contributed by atoms with van der Waals surface area (Å²) in [6.45, 7) is 11.6. The number of hydrogen-bond donors (Lipinski definition) is 1. The Balaban J connectivity index is 2.05. The van der Waals surface area contributed by atoms with E-state index in [4.69, 9.17) is 0 Å². The van der Waals surface area contributed by atoms with Crippen LogP contribution >= 0.6 is 0 Å². The summed E-state index contributed by atoms with van der Waals surface area (Å²) in [4.78, 5) is 12.5.